The molecular formula is C24H27FN2O2. The van der Waals surface area contributed by atoms with Gasteiger partial charge in [-0.25, -0.2) is 9.18 Å². The van der Waals surface area contributed by atoms with E-state index in [9.17, 15) is 9.18 Å². The summed E-state index contributed by atoms with van der Waals surface area (Å²) in [6, 6.07) is 15.0. The molecule has 0 bridgehead atoms. The SMILES string of the molecule is CC(C)(C)OC(=O)N1CCC(c2cn(Cc3cccc(F)c3)c3ccccc23)C1. The maximum atomic E-state index is 13.6. The monoisotopic (exact) mass is 394 g/mol. The Hall–Kier alpha value is -2.82. The van der Waals surface area contributed by atoms with Gasteiger partial charge in [0.25, 0.3) is 0 Å². The van der Waals surface area contributed by atoms with Gasteiger partial charge >= 0.3 is 6.09 Å². The maximum Gasteiger partial charge on any atom is 0.410 e. The number of hydrogen-bond acceptors (Lipinski definition) is 2. The minimum Gasteiger partial charge on any atom is -0.444 e. The average molecular weight is 394 g/mol. The first-order valence-corrected chi connectivity index (χ1v) is 10.1. The van der Waals surface area contributed by atoms with Crippen LogP contribution in [-0.4, -0.2) is 34.3 Å². The highest BCUT2D eigenvalue weighted by atomic mass is 19.1. The quantitative estimate of drug-likeness (QED) is 0.583. The summed E-state index contributed by atoms with van der Waals surface area (Å²) in [4.78, 5) is 14.2. The molecule has 0 spiro atoms. The number of carbonyl (C=O) groups is 1. The molecule has 0 aliphatic carbocycles. The second-order valence-electron chi connectivity index (χ2n) is 8.77. The standard InChI is InChI=1S/C24H27FN2O2/c1-24(2,3)29-23(28)26-12-11-18(15-26)21-16-27(22-10-5-4-9-20(21)22)14-17-7-6-8-19(25)13-17/h4-10,13,16,18H,11-12,14-15H2,1-3H3. The van der Waals surface area contributed by atoms with Gasteiger partial charge in [-0.2, -0.15) is 0 Å². The van der Waals surface area contributed by atoms with Crippen molar-refractivity contribution in [3.8, 4) is 0 Å². The molecule has 1 aromatic heterocycles. The molecule has 1 aliphatic heterocycles. The van der Waals surface area contributed by atoms with Crippen LogP contribution in [0.3, 0.4) is 0 Å². The number of halogens is 1. The van der Waals surface area contributed by atoms with Crippen molar-refractivity contribution in [3.05, 3.63) is 71.7 Å². The molecule has 0 radical (unpaired) electrons. The van der Waals surface area contributed by atoms with Crippen LogP contribution in [0.4, 0.5) is 9.18 Å². The lowest BCUT2D eigenvalue weighted by Gasteiger charge is -2.24. The van der Waals surface area contributed by atoms with E-state index in [2.05, 4.69) is 22.9 Å². The van der Waals surface area contributed by atoms with Crippen molar-refractivity contribution >= 4 is 17.0 Å². The van der Waals surface area contributed by atoms with Crippen LogP contribution < -0.4 is 0 Å². The minimum absolute atomic E-state index is 0.219. The third-order valence-corrected chi connectivity index (χ3v) is 5.34. The summed E-state index contributed by atoms with van der Waals surface area (Å²) in [5.41, 5.74) is 2.81. The number of benzene rings is 2. The molecule has 29 heavy (non-hydrogen) atoms. The van der Waals surface area contributed by atoms with Gasteiger partial charge in [-0.05, 0) is 56.5 Å². The predicted molar refractivity (Wildman–Crippen MR) is 113 cm³/mol. The molecule has 5 heteroatoms. The molecule has 1 amide bonds. The van der Waals surface area contributed by atoms with E-state index in [4.69, 9.17) is 4.74 Å². The van der Waals surface area contributed by atoms with Crippen LogP contribution in [0.15, 0.2) is 54.7 Å². The van der Waals surface area contributed by atoms with Crippen molar-refractivity contribution in [2.75, 3.05) is 13.1 Å². The summed E-state index contributed by atoms with van der Waals surface area (Å²) >= 11 is 0. The molecule has 1 fully saturated rings. The van der Waals surface area contributed by atoms with Gasteiger partial charge in [0.15, 0.2) is 0 Å². The van der Waals surface area contributed by atoms with E-state index >= 15 is 0 Å². The maximum absolute atomic E-state index is 13.6. The fraction of sp³-hybridized carbons (Fsp3) is 0.375. The van der Waals surface area contributed by atoms with Crippen LogP contribution in [0.2, 0.25) is 0 Å². The zero-order valence-corrected chi connectivity index (χ0v) is 17.2. The number of hydrogen-bond donors (Lipinski definition) is 0. The molecule has 4 rings (SSSR count). The highest BCUT2D eigenvalue weighted by molar-refractivity contribution is 5.85. The minimum atomic E-state index is -0.490. The van der Waals surface area contributed by atoms with Crippen LogP contribution in [0.5, 0.6) is 0 Å². The van der Waals surface area contributed by atoms with E-state index in [-0.39, 0.29) is 17.8 Å². The second-order valence-corrected chi connectivity index (χ2v) is 8.77. The Labute approximate surface area is 170 Å². The number of amides is 1. The summed E-state index contributed by atoms with van der Waals surface area (Å²) in [7, 11) is 0. The van der Waals surface area contributed by atoms with Crippen molar-refractivity contribution in [1.82, 2.24) is 9.47 Å². The lowest BCUT2D eigenvalue weighted by Crippen LogP contribution is -2.35. The highest BCUT2D eigenvalue weighted by Crippen LogP contribution is 2.34. The van der Waals surface area contributed by atoms with Crippen LogP contribution in [-0.2, 0) is 11.3 Å². The van der Waals surface area contributed by atoms with Gasteiger partial charge in [-0.3, -0.25) is 0 Å². The normalized spacial score (nSPS) is 17.1. The molecular weight excluding hydrogens is 367 g/mol. The number of nitrogens with zero attached hydrogens (tertiary/aromatic N) is 2. The Bertz CT molecular complexity index is 1030. The Morgan fingerprint density at radius 2 is 1.97 bits per heavy atom. The molecule has 1 saturated heterocycles. The highest BCUT2D eigenvalue weighted by Gasteiger charge is 2.32. The van der Waals surface area contributed by atoms with Crippen LogP contribution in [0, 0.1) is 5.82 Å². The number of fused-ring (bicyclic) bond motifs is 1. The molecule has 1 unspecified atom stereocenters. The van der Waals surface area contributed by atoms with Crippen molar-refractivity contribution in [3.63, 3.8) is 0 Å². The van der Waals surface area contributed by atoms with Gasteiger partial charge in [0, 0.05) is 42.7 Å². The average Bonchev–Trinajstić information content (AvgIpc) is 3.26. The van der Waals surface area contributed by atoms with Crippen LogP contribution in [0.1, 0.15) is 44.2 Å². The topological polar surface area (TPSA) is 34.5 Å². The number of para-hydroxylation sites is 1. The summed E-state index contributed by atoms with van der Waals surface area (Å²) < 4.78 is 21.3. The number of likely N-dealkylation sites (tertiary alicyclic amines) is 1. The van der Waals surface area contributed by atoms with E-state index in [0.29, 0.717) is 19.6 Å². The van der Waals surface area contributed by atoms with Gasteiger partial charge in [0.2, 0.25) is 0 Å². The molecule has 2 heterocycles. The van der Waals surface area contributed by atoms with Gasteiger partial charge in [0.05, 0.1) is 0 Å². The zero-order valence-electron chi connectivity index (χ0n) is 17.2. The first kappa shape index (κ1) is 19.5. The van der Waals surface area contributed by atoms with Gasteiger partial charge < -0.3 is 14.2 Å². The van der Waals surface area contributed by atoms with Crippen molar-refractivity contribution in [2.24, 2.45) is 0 Å². The molecule has 0 N–H and O–H groups in total. The molecule has 1 aliphatic rings. The van der Waals surface area contributed by atoms with E-state index in [1.807, 2.05) is 39.0 Å². The fourth-order valence-corrected chi connectivity index (χ4v) is 4.07. The second kappa shape index (κ2) is 7.54. The zero-order chi connectivity index (χ0) is 20.6. The van der Waals surface area contributed by atoms with Crippen LogP contribution >= 0.6 is 0 Å². The first-order chi connectivity index (χ1) is 13.8. The Kier molecular flexibility index (Phi) is 5.07. The van der Waals surface area contributed by atoms with E-state index < -0.39 is 5.60 Å². The van der Waals surface area contributed by atoms with E-state index in [0.717, 1.165) is 17.5 Å². The number of carbonyl (C=O) groups excluding carboxylic acids is 1. The molecule has 1 atom stereocenters. The largest absolute Gasteiger partial charge is 0.444 e. The molecule has 2 aromatic carbocycles. The first-order valence-electron chi connectivity index (χ1n) is 10.1. The van der Waals surface area contributed by atoms with Crippen molar-refractivity contribution in [1.29, 1.82) is 0 Å². The lowest BCUT2D eigenvalue weighted by molar-refractivity contribution is 0.0292. The van der Waals surface area contributed by atoms with Crippen LogP contribution in [0.25, 0.3) is 10.9 Å². The third-order valence-electron chi connectivity index (χ3n) is 5.34. The Morgan fingerprint density at radius 3 is 2.72 bits per heavy atom. The van der Waals surface area contributed by atoms with Crippen molar-refractivity contribution < 1.29 is 13.9 Å². The van der Waals surface area contributed by atoms with Gasteiger partial charge in [-0.1, -0.05) is 30.3 Å². The number of ether oxygens (including phenoxy) is 1. The molecule has 152 valence electrons. The molecule has 4 nitrogen and oxygen atoms in total. The molecule has 3 aromatic rings. The predicted octanol–water partition coefficient (Wildman–Crippen LogP) is 5.55. The van der Waals surface area contributed by atoms with E-state index in [1.54, 1.807) is 17.0 Å². The Balaban J connectivity index is 1.59. The smallest absolute Gasteiger partial charge is 0.410 e. The fourth-order valence-electron chi connectivity index (χ4n) is 4.07. The Morgan fingerprint density at radius 1 is 1.17 bits per heavy atom. The number of rotatable bonds is 3. The third kappa shape index (κ3) is 4.29. The molecule has 0 saturated carbocycles. The summed E-state index contributed by atoms with van der Waals surface area (Å²) in [5.74, 6) is 0.0455. The van der Waals surface area contributed by atoms with Crippen molar-refractivity contribution in [2.45, 2.75) is 45.3 Å². The van der Waals surface area contributed by atoms with Gasteiger partial charge in [-0.15, -0.1) is 0 Å². The summed E-state index contributed by atoms with van der Waals surface area (Å²) in [6.45, 7) is 7.63. The lowest BCUT2D eigenvalue weighted by atomic mass is 9.98. The summed E-state index contributed by atoms with van der Waals surface area (Å²) in [5, 5.41) is 1.19. The van der Waals surface area contributed by atoms with E-state index in [1.165, 1.54) is 17.0 Å². The summed E-state index contributed by atoms with van der Waals surface area (Å²) in [6.07, 6.45) is 2.83. The van der Waals surface area contributed by atoms with Gasteiger partial charge in [0.1, 0.15) is 11.4 Å². The number of aromatic nitrogens is 1.